The zero-order chi connectivity index (χ0) is 74.8. The summed E-state index contributed by atoms with van der Waals surface area (Å²) in [4.78, 5) is 191. The topological polar surface area (TPSA) is 564 Å². The predicted molar refractivity (Wildman–Crippen MR) is 365 cm³/mol. The zero-order valence-corrected chi connectivity index (χ0v) is 58.4. The summed E-state index contributed by atoms with van der Waals surface area (Å²) in [5.74, 6) is -12.9. The van der Waals surface area contributed by atoms with Crippen LogP contribution in [-0.4, -0.2) is 235 Å². The van der Waals surface area contributed by atoms with Crippen molar-refractivity contribution in [1.82, 2.24) is 57.2 Å². The van der Waals surface area contributed by atoms with Crippen molar-refractivity contribution >= 4 is 88.8 Å². The van der Waals surface area contributed by atoms with Crippen molar-refractivity contribution in [2.24, 2.45) is 56.4 Å². The van der Waals surface area contributed by atoms with E-state index in [1.54, 1.807) is 27.7 Å². The van der Waals surface area contributed by atoms with Crippen LogP contribution < -0.4 is 71.2 Å². The summed E-state index contributed by atoms with van der Waals surface area (Å²) in [5, 5.41) is 61.0. The average molecular weight is 1410 g/mol. The Kier molecular flexibility index (Phi) is 33.2. The maximum absolute atomic E-state index is 14.7. The van der Waals surface area contributed by atoms with Gasteiger partial charge in [-0.1, -0.05) is 60.1 Å². The monoisotopic (exact) mass is 1410 g/mol. The number of phenols is 1. The number of nitrogens with one attached hydrogen (secondary N) is 8. The number of aliphatic hydroxyl groups excluding tert-OH is 1. The normalized spacial score (nSPS) is 19.2. The SMILES string of the molecule is CC[C@H](C)[C@H](NC(=O)[C@@H](NC(=O)[C@H](CCCN=C(N)N)NC(=O)[C@@H](N)CCCN=C(N)N)C(C)C)C(=O)N[C@@H](CC(C)C)C(=O)N1CCC[C@H]1C(=O)N[C@H](C(=O)N[C@@H](C)C(=O)N1CCC[C@H]1C(=O)N1CCC[C@H]1C(=O)N[C@@H](CCC(=O)O)C(=O)N[C@@H](Cc1ccc(O)cc1)C(=O)O)[C@@H](C)O. The fraction of sp³-hybridized carbons (Fsp3) is 0.677. The van der Waals surface area contributed by atoms with Crippen LogP contribution in [0.25, 0.3) is 0 Å². The molecule has 4 rings (SSSR count). The fourth-order valence-electron chi connectivity index (χ4n) is 12.1. The number of carboxylic acid groups (broad SMARTS) is 2. The van der Waals surface area contributed by atoms with Crippen LogP contribution in [-0.2, 0) is 68.7 Å². The molecule has 558 valence electrons. The molecule has 0 radical (unpaired) electrons. The number of nitrogens with zero attached hydrogens (tertiary/aromatic N) is 5. The number of aliphatic carboxylic acids is 2. The minimum absolute atomic E-state index is 0.0369. The van der Waals surface area contributed by atoms with Gasteiger partial charge in [-0.3, -0.25) is 67.5 Å². The molecule has 3 saturated heterocycles. The van der Waals surface area contributed by atoms with Crippen molar-refractivity contribution in [2.75, 3.05) is 32.7 Å². The van der Waals surface area contributed by atoms with Gasteiger partial charge in [0.15, 0.2) is 11.9 Å². The third kappa shape index (κ3) is 25.4. The second kappa shape index (κ2) is 40.0. The van der Waals surface area contributed by atoms with Gasteiger partial charge in [0.05, 0.1) is 12.1 Å². The highest BCUT2D eigenvalue weighted by Crippen LogP contribution is 2.27. The molecule has 0 bridgehead atoms. The van der Waals surface area contributed by atoms with E-state index in [-0.39, 0.29) is 108 Å². The van der Waals surface area contributed by atoms with E-state index < -0.39 is 180 Å². The standard InChI is InChI=1S/C65H106N18O17/c1-9-35(6)50(79-57(93)49(34(4)5)78-54(90)41(16-11-27-72-65(69)70)74-52(88)40(66)15-10-26-71-64(67)68)58(94)76-43(31-33(2)3)61(97)81-28-12-18-46(81)56(92)80-51(37(8)84)59(95)73-36(7)60(96)83-30-14-19-47(83)62(98)82-29-13-17-45(82)55(91)75-42(24-25-48(86)87)53(89)77-44(63(99)100)32-38-20-22-39(85)23-21-38/h20-23,33-37,40-47,49-51,84-85H,9-19,24-32,66H2,1-8H3,(H,73,95)(H,74,88)(H,75,91)(H,76,94)(H,77,89)(H,78,90)(H,79,93)(H,80,92)(H,86,87)(H,99,100)(H4,67,68,71)(H4,69,70,72)/t35-,36-,37+,40-,41-,42-,43-,44-,45-,46-,47-,49-,50-,51-/m0/s1. The molecule has 0 aromatic heterocycles. The van der Waals surface area contributed by atoms with Gasteiger partial charge in [0.1, 0.15) is 72.2 Å². The Balaban J connectivity index is 1.44. The van der Waals surface area contributed by atoms with E-state index in [9.17, 15) is 82.8 Å². The maximum Gasteiger partial charge on any atom is 0.326 e. The third-order valence-electron chi connectivity index (χ3n) is 17.8. The summed E-state index contributed by atoms with van der Waals surface area (Å²) in [6.07, 6.45) is -0.139. The van der Waals surface area contributed by atoms with E-state index >= 15 is 0 Å². The molecule has 3 heterocycles. The van der Waals surface area contributed by atoms with Gasteiger partial charge >= 0.3 is 11.9 Å². The van der Waals surface area contributed by atoms with E-state index in [2.05, 4.69) is 52.5 Å². The van der Waals surface area contributed by atoms with Crippen LogP contribution >= 0.6 is 0 Å². The number of carbonyl (C=O) groups excluding carboxylic acids is 11. The second-order valence-electron chi connectivity index (χ2n) is 26.6. The number of likely N-dealkylation sites (tertiary alicyclic amines) is 3. The molecule has 100 heavy (non-hydrogen) atoms. The smallest absolute Gasteiger partial charge is 0.326 e. The van der Waals surface area contributed by atoms with E-state index in [4.69, 9.17) is 28.7 Å². The maximum atomic E-state index is 14.7. The molecule has 1 aromatic carbocycles. The quantitative estimate of drug-likeness (QED) is 0.0171. The number of amides is 11. The molecule has 0 saturated carbocycles. The summed E-state index contributed by atoms with van der Waals surface area (Å²) in [5.41, 5.74) is 28.4. The number of hydrogen-bond donors (Lipinski definition) is 17. The Hall–Kier alpha value is -9.41. The number of aromatic hydroxyl groups is 1. The Morgan fingerprint density at radius 1 is 0.540 bits per heavy atom. The molecule has 0 aliphatic carbocycles. The first-order chi connectivity index (χ1) is 47.1. The van der Waals surface area contributed by atoms with Crippen molar-refractivity contribution in [3.05, 3.63) is 29.8 Å². The number of rotatable bonds is 39. The van der Waals surface area contributed by atoms with Crippen LogP contribution in [0.2, 0.25) is 0 Å². The first-order valence-electron chi connectivity index (χ1n) is 34.2. The van der Waals surface area contributed by atoms with Gasteiger partial charge in [0, 0.05) is 45.6 Å². The third-order valence-corrected chi connectivity index (χ3v) is 17.8. The van der Waals surface area contributed by atoms with E-state index in [1.807, 2.05) is 13.8 Å². The number of benzene rings is 1. The molecule has 14 atom stereocenters. The van der Waals surface area contributed by atoms with E-state index in [0.29, 0.717) is 37.7 Å². The molecule has 22 N–H and O–H groups in total. The average Bonchev–Trinajstić information content (AvgIpc) is 1.61. The molecule has 0 spiro atoms. The lowest BCUT2D eigenvalue weighted by Gasteiger charge is -2.33. The Morgan fingerprint density at radius 2 is 1.02 bits per heavy atom. The number of aliphatic imine (C=N–C) groups is 2. The Labute approximate surface area is 581 Å². The number of aliphatic hydroxyl groups is 1. The molecular weight excluding hydrogens is 1300 g/mol. The molecule has 35 nitrogen and oxygen atoms in total. The van der Waals surface area contributed by atoms with Gasteiger partial charge in [0.25, 0.3) is 0 Å². The summed E-state index contributed by atoms with van der Waals surface area (Å²) < 4.78 is 0. The van der Waals surface area contributed by atoms with Gasteiger partial charge in [-0.2, -0.15) is 0 Å². The van der Waals surface area contributed by atoms with Crippen molar-refractivity contribution in [3.8, 4) is 5.75 Å². The molecule has 3 aliphatic heterocycles. The lowest BCUT2D eigenvalue weighted by Crippen LogP contribution is -2.62. The van der Waals surface area contributed by atoms with Crippen LogP contribution in [0.15, 0.2) is 34.3 Å². The van der Waals surface area contributed by atoms with Crippen LogP contribution in [0, 0.1) is 17.8 Å². The first-order valence-corrected chi connectivity index (χ1v) is 34.2. The summed E-state index contributed by atoms with van der Waals surface area (Å²) >= 11 is 0. The van der Waals surface area contributed by atoms with Crippen molar-refractivity contribution in [2.45, 2.75) is 230 Å². The predicted octanol–water partition coefficient (Wildman–Crippen LogP) is -3.68. The van der Waals surface area contributed by atoms with Crippen molar-refractivity contribution in [1.29, 1.82) is 0 Å². The number of carboxylic acids is 2. The summed E-state index contributed by atoms with van der Waals surface area (Å²) in [6, 6.07) is -10.0. The van der Waals surface area contributed by atoms with Crippen LogP contribution in [0.3, 0.4) is 0 Å². The van der Waals surface area contributed by atoms with Gasteiger partial charge in [-0.05, 0) is 126 Å². The van der Waals surface area contributed by atoms with Crippen LogP contribution in [0.4, 0.5) is 0 Å². The highest BCUT2D eigenvalue weighted by molar-refractivity contribution is 6.00. The second-order valence-corrected chi connectivity index (χ2v) is 26.6. The number of nitrogens with two attached hydrogens (primary N) is 5. The molecular formula is C65H106N18O17. The molecule has 1 aromatic rings. The minimum Gasteiger partial charge on any atom is -0.508 e. The van der Waals surface area contributed by atoms with Gasteiger partial charge in [-0.15, -0.1) is 0 Å². The zero-order valence-electron chi connectivity index (χ0n) is 58.4. The molecule has 3 fully saturated rings. The Morgan fingerprint density at radius 3 is 1.56 bits per heavy atom. The first kappa shape index (κ1) is 83.0. The number of carbonyl (C=O) groups is 13. The van der Waals surface area contributed by atoms with Gasteiger partial charge in [0.2, 0.25) is 65.0 Å². The summed E-state index contributed by atoms with van der Waals surface area (Å²) in [7, 11) is 0. The molecule has 35 heteroatoms. The van der Waals surface area contributed by atoms with Gasteiger partial charge < -0.3 is 106 Å². The molecule has 11 amide bonds. The largest absolute Gasteiger partial charge is 0.508 e. The van der Waals surface area contributed by atoms with Gasteiger partial charge in [-0.25, -0.2) is 4.79 Å². The lowest BCUT2D eigenvalue weighted by molar-refractivity contribution is -0.148. The molecule has 3 aliphatic rings. The number of phenolic OH excluding ortho intramolecular Hbond substituents is 1. The highest BCUT2D eigenvalue weighted by Gasteiger charge is 2.46. The van der Waals surface area contributed by atoms with Crippen molar-refractivity contribution in [3.63, 3.8) is 0 Å². The minimum atomic E-state index is -1.68. The van der Waals surface area contributed by atoms with E-state index in [0.717, 1.165) is 0 Å². The van der Waals surface area contributed by atoms with Crippen molar-refractivity contribution < 1.29 is 82.8 Å². The van der Waals surface area contributed by atoms with Crippen LogP contribution in [0.5, 0.6) is 5.75 Å². The van der Waals surface area contributed by atoms with E-state index in [1.165, 1.54) is 52.8 Å². The summed E-state index contributed by atoms with van der Waals surface area (Å²) in [6.45, 7) is 13.6. The fourth-order valence-corrected chi connectivity index (χ4v) is 12.1. The number of guanidine groups is 2. The lowest BCUT2D eigenvalue weighted by atomic mass is 9.95. The number of hydrogen-bond acceptors (Lipinski definition) is 18. The highest BCUT2D eigenvalue weighted by atomic mass is 16.4. The Bertz CT molecular complexity index is 3090. The molecule has 0 unspecified atom stereocenters. The van der Waals surface area contributed by atoms with Crippen LogP contribution in [0.1, 0.15) is 151 Å².